The lowest BCUT2D eigenvalue weighted by molar-refractivity contribution is 1.22. The number of hydrogen-bond acceptors (Lipinski definition) is 1. The summed E-state index contributed by atoms with van der Waals surface area (Å²) in [5.41, 5.74) is 2.29. The number of rotatable bonds is 1. The summed E-state index contributed by atoms with van der Waals surface area (Å²) in [6, 6.07) is 0. The summed E-state index contributed by atoms with van der Waals surface area (Å²) in [5, 5.41) is 7.01. The van der Waals surface area contributed by atoms with E-state index >= 15 is 0 Å². The molecular weight excluding hydrogens is 122 g/mol. The summed E-state index contributed by atoms with van der Waals surface area (Å²) in [5.74, 6) is 0. The maximum atomic E-state index is 7.01. The Morgan fingerprint density at radius 1 is 1.60 bits per heavy atom. The Hall–Kier alpha value is -1.11. The van der Waals surface area contributed by atoms with Crippen molar-refractivity contribution in [2.75, 3.05) is 0 Å². The minimum absolute atomic E-state index is 0.978. The van der Waals surface area contributed by atoms with Crippen LogP contribution in [0, 0.1) is 5.41 Å². The van der Waals surface area contributed by atoms with Gasteiger partial charge in [-0.2, -0.15) is 0 Å². The molecule has 0 heterocycles. The molecule has 1 aliphatic rings. The highest BCUT2D eigenvalue weighted by Crippen LogP contribution is 2.09. The molecule has 0 bridgehead atoms. The summed E-state index contributed by atoms with van der Waals surface area (Å²) in [7, 11) is 0. The molecule has 0 saturated carbocycles. The summed E-state index contributed by atoms with van der Waals surface area (Å²) in [6.45, 7) is 2.08. The molecule has 0 unspecified atom stereocenters. The molecule has 0 fully saturated rings. The molecule has 0 aromatic rings. The molecule has 0 amide bonds. The van der Waals surface area contributed by atoms with Gasteiger partial charge in [-0.25, -0.2) is 0 Å². The quantitative estimate of drug-likeness (QED) is 0.531. The maximum absolute atomic E-state index is 7.01. The van der Waals surface area contributed by atoms with Crippen molar-refractivity contribution in [3.05, 3.63) is 35.5 Å². The predicted molar refractivity (Wildman–Crippen MR) is 44.4 cm³/mol. The molecule has 0 spiro atoms. The van der Waals surface area contributed by atoms with Crippen molar-refractivity contribution in [1.82, 2.24) is 0 Å². The van der Waals surface area contributed by atoms with E-state index in [9.17, 15) is 0 Å². The first kappa shape index (κ1) is 7.00. The zero-order valence-corrected chi connectivity index (χ0v) is 6.09. The Labute approximate surface area is 61.3 Å². The Kier molecular flexibility index (Phi) is 2.21. The fourth-order valence-electron chi connectivity index (χ4n) is 0.914. The van der Waals surface area contributed by atoms with Crippen LogP contribution in [-0.4, -0.2) is 6.21 Å². The van der Waals surface area contributed by atoms with Crippen molar-refractivity contribution in [2.45, 2.75) is 13.3 Å². The van der Waals surface area contributed by atoms with Gasteiger partial charge in [0.1, 0.15) is 0 Å². The maximum Gasteiger partial charge on any atom is 0.0250 e. The molecule has 0 aromatic heterocycles. The zero-order chi connectivity index (χ0) is 7.40. The molecule has 10 heavy (non-hydrogen) atoms. The van der Waals surface area contributed by atoms with Crippen molar-refractivity contribution in [3.8, 4) is 0 Å². The van der Waals surface area contributed by atoms with Crippen LogP contribution in [0.5, 0.6) is 0 Å². The zero-order valence-electron chi connectivity index (χ0n) is 6.09. The molecule has 52 valence electrons. The van der Waals surface area contributed by atoms with Crippen LogP contribution in [0.3, 0.4) is 0 Å². The third-order valence-electron chi connectivity index (χ3n) is 1.44. The largest absolute Gasteiger partial charge is 0.308 e. The summed E-state index contributed by atoms with van der Waals surface area (Å²) in [4.78, 5) is 0. The standard InChI is InChI=1S/C9H11N/c1-8-4-2-3-5-9(6-8)7-10/h2-3,5-7,10H,4H2,1H3. The van der Waals surface area contributed by atoms with Crippen molar-refractivity contribution >= 4 is 6.21 Å². The molecule has 0 radical (unpaired) electrons. The fraction of sp³-hybridized carbons (Fsp3) is 0.222. The molecule has 0 saturated heterocycles. The van der Waals surface area contributed by atoms with Crippen LogP contribution in [0.15, 0.2) is 35.5 Å². The average Bonchev–Trinajstić information content (AvgIpc) is 2.13. The van der Waals surface area contributed by atoms with Gasteiger partial charge in [-0.05, 0) is 18.9 Å². The van der Waals surface area contributed by atoms with Gasteiger partial charge in [0.2, 0.25) is 0 Å². The van der Waals surface area contributed by atoms with E-state index < -0.39 is 0 Å². The molecule has 1 aliphatic carbocycles. The smallest absolute Gasteiger partial charge is 0.0250 e. The number of nitrogens with one attached hydrogen (secondary N) is 1. The molecule has 1 heteroatoms. The Bertz CT molecular complexity index is 219. The van der Waals surface area contributed by atoms with Crippen LogP contribution in [0.2, 0.25) is 0 Å². The molecule has 1 nitrogen and oxygen atoms in total. The molecule has 1 rings (SSSR count). The van der Waals surface area contributed by atoms with E-state index in [-0.39, 0.29) is 0 Å². The third-order valence-corrected chi connectivity index (χ3v) is 1.44. The minimum atomic E-state index is 0.978. The Morgan fingerprint density at radius 3 is 3.10 bits per heavy atom. The third kappa shape index (κ3) is 1.69. The van der Waals surface area contributed by atoms with Gasteiger partial charge < -0.3 is 5.41 Å². The normalized spacial score (nSPS) is 17.3. The van der Waals surface area contributed by atoms with Gasteiger partial charge in [-0.15, -0.1) is 0 Å². The van der Waals surface area contributed by atoms with Gasteiger partial charge >= 0.3 is 0 Å². The lowest BCUT2D eigenvalue weighted by Gasteiger charge is -1.91. The van der Waals surface area contributed by atoms with Gasteiger partial charge in [0, 0.05) is 6.21 Å². The van der Waals surface area contributed by atoms with Gasteiger partial charge in [-0.3, -0.25) is 0 Å². The van der Waals surface area contributed by atoms with E-state index in [1.54, 1.807) is 0 Å². The highest BCUT2D eigenvalue weighted by atomic mass is 14.3. The second-order valence-corrected chi connectivity index (χ2v) is 2.43. The van der Waals surface area contributed by atoms with Crippen LogP contribution in [0.25, 0.3) is 0 Å². The van der Waals surface area contributed by atoms with Crippen LogP contribution < -0.4 is 0 Å². The Morgan fingerprint density at radius 2 is 2.40 bits per heavy atom. The summed E-state index contributed by atoms with van der Waals surface area (Å²) < 4.78 is 0. The monoisotopic (exact) mass is 133 g/mol. The lowest BCUT2D eigenvalue weighted by atomic mass is 10.2. The molecule has 0 aliphatic heterocycles. The minimum Gasteiger partial charge on any atom is -0.308 e. The van der Waals surface area contributed by atoms with Crippen molar-refractivity contribution in [3.63, 3.8) is 0 Å². The Balaban J connectivity index is 2.88. The summed E-state index contributed by atoms with van der Waals surface area (Å²) in [6.07, 6.45) is 10.5. The van der Waals surface area contributed by atoms with Gasteiger partial charge in [0.25, 0.3) is 0 Å². The van der Waals surface area contributed by atoms with Gasteiger partial charge in [0.15, 0.2) is 0 Å². The van der Waals surface area contributed by atoms with Gasteiger partial charge in [-0.1, -0.05) is 29.9 Å². The first-order valence-electron chi connectivity index (χ1n) is 3.37. The molecule has 1 N–H and O–H groups in total. The first-order chi connectivity index (χ1) is 4.83. The molecular formula is C9H11N. The van der Waals surface area contributed by atoms with Crippen LogP contribution in [-0.2, 0) is 0 Å². The second kappa shape index (κ2) is 3.16. The van der Waals surface area contributed by atoms with E-state index in [1.807, 2.05) is 18.2 Å². The highest BCUT2D eigenvalue weighted by Gasteiger charge is 1.91. The van der Waals surface area contributed by atoms with E-state index in [2.05, 4.69) is 13.0 Å². The van der Waals surface area contributed by atoms with Crippen LogP contribution in [0.4, 0.5) is 0 Å². The fourth-order valence-corrected chi connectivity index (χ4v) is 0.914. The number of allylic oxidation sites excluding steroid dienone is 6. The van der Waals surface area contributed by atoms with E-state index in [4.69, 9.17) is 5.41 Å². The van der Waals surface area contributed by atoms with E-state index in [1.165, 1.54) is 11.8 Å². The van der Waals surface area contributed by atoms with Crippen molar-refractivity contribution in [1.29, 1.82) is 5.41 Å². The van der Waals surface area contributed by atoms with Crippen molar-refractivity contribution in [2.24, 2.45) is 0 Å². The van der Waals surface area contributed by atoms with Crippen LogP contribution >= 0.6 is 0 Å². The average molecular weight is 133 g/mol. The lowest BCUT2D eigenvalue weighted by Crippen LogP contribution is -1.77. The van der Waals surface area contributed by atoms with Crippen molar-refractivity contribution < 1.29 is 0 Å². The highest BCUT2D eigenvalue weighted by molar-refractivity contribution is 5.80. The predicted octanol–water partition coefficient (Wildman–Crippen LogP) is 2.47. The summed E-state index contributed by atoms with van der Waals surface area (Å²) >= 11 is 0. The van der Waals surface area contributed by atoms with E-state index in [0.29, 0.717) is 0 Å². The van der Waals surface area contributed by atoms with Crippen LogP contribution in [0.1, 0.15) is 13.3 Å². The number of hydrogen-bond donors (Lipinski definition) is 1. The van der Waals surface area contributed by atoms with Gasteiger partial charge in [0.05, 0.1) is 0 Å². The topological polar surface area (TPSA) is 23.9 Å². The first-order valence-corrected chi connectivity index (χ1v) is 3.37. The van der Waals surface area contributed by atoms with E-state index in [0.717, 1.165) is 12.0 Å². The SMILES string of the molecule is CC1=CC(C=N)=CC=CC1. The second-order valence-electron chi connectivity index (χ2n) is 2.43. The molecule has 0 atom stereocenters. The molecule has 0 aromatic carbocycles.